The number of rotatable bonds is 3. The van der Waals surface area contributed by atoms with Crippen LogP contribution in [-0.2, 0) is 10.3 Å². The van der Waals surface area contributed by atoms with Gasteiger partial charge in [0.05, 0.1) is 0 Å². The Kier molecular flexibility index (Phi) is 5.07. The molecule has 0 spiro atoms. The van der Waals surface area contributed by atoms with Gasteiger partial charge in [0.2, 0.25) is 0 Å². The molecule has 28 heavy (non-hydrogen) atoms. The lowest BCUT2D eigenvalue weighted by Crippen LogP contribution is -2.45. The first-order valence-corrected chi connectivity index (χ1v) is 8.16. The second-order valence-corrected chi connectivity index (χ2v) is 6.36. The fourth-order valence-electron chi connectivity index (χ4n) is 2.80. The first-order chi connectivity index (χ1) is 13.1. The fourth-order valence-corrected chi connectivity index (χ4v) is 2.80. The van der Waals surface area contributed by atoms with Gasteiger partial charge in [0.25, 0.3) is 11.8 Å². The van der Waals surface area contributed by atoms with E-state index in [4.69, 9.17) is 10.5 Å². The number of carbonyl (C=O) groups excluding carboxylic acids is 1. The third-order valence-electron chi connectivity index (χ3n) is 4.33. The van der Waals surface area contributed by atoms with Gasteiger partial charge in [-0.2, -0.15) is 0 Å². The zero-order chi connectivity index (χ0) is 20.5. The normalized spacial score (nSPS) is 21.5. The summed E-state index contributed by atoms with van der Waals surface area (Å²) in [6, 6.07) is 5.41. The Hall–Kier alpha value is -3.01. The molecule has 1 unspecified atom stereocenters. The van der Waals surface area contributed by atoms with Crippen molar-refractivity contribution >= 4 is 17.4 Å². The van der Waals surface area contributed by atoms with E-state index in [1.165, 1.54) is 12.3 Å². The number of amides is 1. The van der Waals surface area contributed by atoms with Gasteiger partial charge in [-0.25, -0.2) is 22.5 Å². The number of benzene rings is 1. The lowest BCUT2D eigenvalue weighted by molar-refractivity contribution is -0.116. The molecule has 1 amide bonds. The summed E-state index contributed by atoms with van der Waals surface area (Å²) in [6.45, 7) is -0.304. The number of hydrogen-bond acceptors (Lipinski definition) is 5. The van der Waals surface area contributed by atoms with Crippen LogP contribution in [0.4, 0.5) is 23.2 Å². The minimum Gasteiger partial charge on any atom is -0.385 e. The average Bonchev–Trinajstić information content (AvgIpc) is 2.72. The van der Waals surface area contributed by atoms with E-state index in [-0.39, 0.29) is 18.1 Å². The summed E-state index contributed by atoms with van der Waals surface area (Å²) in [6.07, 6.45) is 1.22. The number of ether oxygens (including phenoxy) is 1. The minimum absolute atomic E-state index is 0.0394. The molecule has 1 aliphatic heterocycles. The fraction of sp³-hybridized carbons (Fsp3) is 0.278. The summed E-state index contributed by atoms with van der Waals surface area (Å²) in [4.78, 5) is 19.6. The number of hydrogen-bond donors (Lipinski definition) is 2. The van der Waals surface area contributed by atoms with Crippen LogP contribution >= 0.6 is 0 Å². The molecule has 6 nitrogen and oxygen atoms in total. The lowest BCUT2D eigenvalue weighted by atomic mass is 9.85. The van der Waals surface area contributed by atoms with Gasteiger partial charge in [-0.15, -0.1) is 0 Å². The maximum atomic E-state index is 14.7. The third-order valence-corrected chi connectivity index (χ3v) is 4.33. The number of alkyl halides is 2. The predicted octanol–water partition coefficient (Wildman–Crippen LogP) is 2.85. The minimum atomic E-state index is -3.58. The van der Waals surface area contributed by atoms with Crippen LogP contribution in [-0.4, -0.2) is 35.9 Å². The molecule has 1 atom stereocenters. The van der Waals surface area contributed by atoms with Crippen molar-refractivity contribution in [2.24, 2.45) is 10.7 Å². The number of nitrogens with zero attached hydrogens (tertiary/aromatic N) is 2. The lowest BCUT2D eigenvalue weighted by Gasteiger charge is -2.33. The maximum absolute atomic E-state index is 14.7. The molecule has 2 aromatic rings. The van der Waals surface area contributed by atoms with Gasteiger partial charge in [0.15, 0.2) is 17.1 Å². The zero-order valence-corrected chi connectivity index (χ0v) is 14.7. The molecule has 1 aromatic heterocycles. The summed E-state index contributed by atoms with van der Waals surface area (Å²) < 4.78 is 62.3. The van der Waals surface area contributed by atoms with Gasteiger partial charge >= 0.3 is 0 Å². The monoisotopic (exact) mass is 396 g/mol. The van der Waals surface area contributed by atoms with Crippen LogP contribution in [0.1, 0.15) is 23.0 Å². The summed E-state index contributed by atoms with van der Waals surface area (Å²) in [5.74, 6) is -6.55. The summed E-state index contributed by atoms with van der Waals surface area (Å²) in [5.41, 5.74) is 2.19. The summed E-state index contributed by atoms with van der Waals surface area (Å²) >= 11 is 0. The van der Waals surface area contributed by atoms with Crippen LogP contribution < -0.4 is 11.1 Å². The molecular formula is C18H16F4N4O2. The Morgan fingerprint density at radius 1 is 1.25 bits per heavy atom. The van der Waals surface area contributed by atoms with E-state index < -0.39 is 46.9 Å². The van der Waals surface area contributed by atoms with E-state index in [0.717, 1.165) is 31.2 Å². The van der Waals surface area contributed by atoms with Crippen molar-refractivity contribution in [2.75, 3.05) is 18.5 Å². The number of aliphatic imine (C=N–C) groups is 1. The van der Waals surface area contributed by atoms with Gasteiger partial charge in [-0.1, -0.05) is 0 Å². The number of anilines is 1. The van der Waals surface area contributed by atoms with Crippen LogP contribution in [0.3, 0.4) is 0 Å². The molecular weight excluding hydrogens is 380 g/mol. The highest BCUT2D eigenvalue weighted by molar-refractivity contribution is 6.03. The van der Waals surface area contributed by atoms with Crippen LogP contribution in [0.2, 0.25) is 0 Å². The number of halogens is 4. The van der Waals surface area contributed by atoms with Crippen LogP contribution in [0.25, 0.3) is 0 Å². The van der Waals surface area contributed by atoms with Gasteiger partial charge in [-0.3, -0.25) is 9.79 Å². The highest BCUT2D eigenvalue weighted by atomic mass is 19.3. The molecule has 0 radical (unpaired) electrons. The zero-order valence-electron chi connectivity index (χ0n) is 14.7. The second-order valence-electron chi connectivity index (χ2n) is 6.36. The maximum Gasteiger partial charge on any atom is 0.299 e. The van der Waals surface area contributed by atoms with Crippen molar-refractivity contribution < 1.29 is 27.1 Å². The van der Waals surface area contributed by atoms with Crippen LogP contribution in [0.5, 0.6) is 0 Å². The Labute approximate surface area is 157 Å². The number of nitrogens with two attached hydrogens (primary N) is 1. The standard InChI is InChI=1S/C18H16F4N4O2/c1-17(18(21,22)9-28-8-14(23)26-17)11-7-10(4-5-12(11)19)25-16(27)15-13(20)3-2-6-24-15/h2-7H,8-9H2,1H3,(H2,23,26)(H,25,27). The molecule has 3 N–H and O–H groups in total. The largest absolute Gasteiger partial charge is 0.385 e. The molecule has 1 aromatic carbocycles. The smallest absolute Gasteiger partial charge is 0.299 e. The van der Waals surface area contributed by atoms with Crippen molar-refractivity contribution in [3.63, 3.8) is 0 Å². The first-order valence-electron chi connectivity index (χ1n) is 8.16. The number of carbonyl (C=O) groups is 1. The molecule has 0 fully saturated rings. The Bertz CT molecular complexity index is 951. The van der Waals surface area contributed by atoms with E-state index in [1.807, 2.05) is 0 Å². The Morgan fingerprint density at radius 3 is 2.71 bits per heavy atom. The van der Waals surface area contributed by atoms with Gasteiger partial charge < -0.3 is 15.8 Å². The quantitative estimate of drug-likeness (QED) is 0.781. The highest BCUT2D eigenvalue weighted by Gasteiger charge is 2.54. The number of aromatic nitrogens is 1. The second kappa shape index (κ2) is 7.19. The molecule has 2 heterocycles. The van der Waals surface area contributed by atoms with Crippen LogP contribution in [0.15, 0.2) is 41.5 Å². The number of nitrogens with one attached hydrogen (secondary N) is 1. The average molecular weight is 396 g/mol. The van der Waals surface area contributed by atoms with E-state index in [2.05, 4.69) is 15.3 Å². The third kappa shape index (κ3) is 3.55. The number of amidine groups is 1. The van der Waals surface area contributed by atoms with E-state index in [9.17, 15) is 22.4 Å². The first kappa shape index (κ1) is 19.7. The molecule has 0 saturated heterocycles. The van der Waals surface area contributed by atoms with Crippen molar-refractivity contribution in [2.45, 2.75) is 18.4 Å². The van der Waals surface area contributed by atoms with Gasteiger partial charge in [0, 0.05) is 17.4 Å². The molecule has 1 aliphatic rings. The number of pyridine rings is 1. The topological polar surface area (TPSA) is 89.6 Å². The Morgan fingerprint density at radius 2 is 2.00 bits per heavy atom. The highest BCUT2D eigenvalue weighted by Crippen LogP contribution is 2.44. The van der Waals surface area contributed by atoms with Crippen molar-refractivity contribution in [1.82, 2.24) is 4.98 Å². The molecule has 0 aliphatic carbocycles. The van der Waals surface area contributed by atoms with Crippen LogP contribution in [0, 0.1) is 11.6 Å². The van der Waals surface area contributed by atoms with E-state index >= 15 is 0 Å². The summed E-state index contributed by atoms with van der Waals surface area (Å²) in [5, 5.41) is 2.31. The molecule has 148 valence electrons. The SMILES string of the molecule is CC1(c2cc(NC(=O)c3ncccc3F)ccc2F)N=C(N)COCC1(F)F. The Balaban J connectivity index is 2.01. The van der Waals surface area contributed by atoms with E-state index in [1.54, 1.807) is 0 Å². The van der Waals surface area contributed by atoms with Gasteiger partial charge in [0.1, 0.15) is 24.9 Å². The molecule has 0 saturated carbocycles. The van der Waals surface area contributed by atoms with Crippen molar-refractivity contribution in [3.05, 3.63) is 59.4 Å². The summed E-state index contributed by atoms with van der Waals surface area (Å²) in [7, 11) is 0. The molecule has 0 bridgehead atoms. The van der Waals surface area contributed by atoms with Crippen molar-refractivity contribution in [3.8, 4) is 0 Å². The van der Waals surface area contributed by atoms with Crippen molar-refractivity contribution in [1.29, 1.82) is 0 Å². The molecule has 3 rings (SSSR count). The van der Waals surface area contributed by atoms with Gasteiger partial charge in [-0.05, 0) is 37.3 Å². The predicted molar refractivity (Wildman–Crippen MR) is 93.3 cm³/mol. The molecule has 10 heteroatoms. The van der Waals surface area contributed by atoms with E-state index in [0.29, 0.717) is 0 Å².